The normalized spacial score (nSPS) is 42.2. The third-order valence-electron chi connectivity index (χ3n) is 4.35. The van der Waals surface area contributed by atoms with Gasteiger partial charge >= 0.3 is 46.9 Å². The van der Waals surface area contributed by atoms with Gasteiger partial charge in [-0.15, -0.1) is 0 Å². The second-order valence-electron chi connectivity index (χ2n) is 5.56. The van der Waals surface area contributed by atoms with E-state index in [1.165, 1.54) is 0 Å². The maximum absolute atomic E-state index is 14.4. The molecule has 3 atom stereocenters. The fourth-order valence-electron chi connectivity index (χ4n) is 2.78. The summed E-state index contributed by atoms with van der Waals surface area (Å²) in [5.74, 6) is -36.7. The maximum Gasteiger partial charge on any atom is 0.365 e. The average Bonchev–Trinajstić information content (AvgIpc) is 2.59. The number of halogens is 11. The summed E-state index contributed by atoms with van der Waals surface area (Å²) in [6.45, 7) is 3.83. The summed E-state index contributed by atoms with van der Waals surface area (Å²) in [6.07, 6.45) is -0.524. The number of hydrogen-bond acceptors (Lipinski definition) is 2. The van der Waals surface area contributed by atoms with Crippen molar-refractivity contribution in [3.63, 3.8) is 0 Å². The minimum atomic E-state index is -7.02. The molecule has 2 rings (SSSR count). The van der Waals surface area contributed by atoms with Gasteiger partial charge in [-0.25, -0.2) is 13.6 Å². The van der Waals surface area contributed by atoms with Gasteiger partial charge in [0.1, 0.15) is 0 Å². The van der Waals surface area contributed by atoms with Gasteiger partial charge in [0, 0.05) is 5.57 Å². The lowest BCUT2D eigenvalue weighted by Crippen LogP contribution is -2.76. The summed E-state index contributed by atoms with van der Waals surface area (Å²) in [6, 6.07) is 0. The Labute approximate surface area is 131 Å². The van der Waals surface area contributed by atoms with Crippen LogP contribution in [0.2, 0.25) is 0 Å². The quantitative estimate of drug-likeness (QED) is 0.410. The molecule has 0 N–H and O–H groups in total. The van der Waals surface area contributed by atoms with Crippen molar-refractivity contribution in [3.05, 3.63) is 12.2 Å². The van der Waals surface area contributed by atoms with Crippen LogP contribution in [-0.2, 0) is 9.53 Å². The minimum absolute atomic E-state index is 0.524. The van der Waals surface area contributed by atoms with E-state index in [-0.39, 0.29) is 0 Å². The molecular weight excluding hydrogens is 385 g/mol. The second kappa shape index (κ2) is 4.40. The minimum Gasteiger partial charge on any atom is -0.415 e. The van der Waals surface area contributed by atoms with E-state index in [1.807, 2.05) is 0 Å². The topological polar surface area (TPSA) is 26.3 Å². The standard InChI is InChI=1S/C12H7F11O2/c1-3-4(2)5(24)25-12(23)7(14)8(15,16)6(13,11(12,21)22)9(17,18)10(7,19)20/h2-3H2,1H3. The van der Waals surface area contributed by atoms with Gasteiger partial charge in [0.2, 0.25) is 0 Å². The van der Waals surface area contributed by atoms with E-state index in [4.69, 9.17) is 0 Å². The van der Waals surface area contributed by atoms with Crippen molar-refractivity contribution in [2.45, 2.75) is 54.2 Å². The van der Waals surface area contributed by atoms with Gasteiger partial charge in [0.05, 0.1) is 0 Å². The third-order valence-corrected chi connectivity index (χ3v) is 4.35. The average molecular weight is 392 g/mol. The van der Waals surface area contributed by atoms with Gasteiger partial charge in [-0.05, 0) is 6.42 Å². The molecule has 25 heavy (non-hydrogen) atoms. The Morgan fingerprint density at radius 2 is 1.16 bits per heavy atom. The van der Waals surface area contributed by atoms with Crippen LogP contribution in [0.25, 0.3) is 0 Å². The molecule has 2 fully saturated rings. The molecule has 3 unspecified atom stereocenters. The molecule has 0 spiro atoms. The smallest absolute Gasteiger partial charge is 0.365 e. The number of esters is 1. The van der Waals surface area contributed by atoms with Gasteiger partial charge in [-0.3, -0.25) is 0 Å². The molecule has 144 valence electrons. The molecule has 2 bridgehead atoms. The molecule has 0 aromatic rings. The number of carbonyl (C=O) groups excluding carboxylic acids is 1. The van der Waals surface area contributed by atoms with Gasteiger partial charge < -0.3 is 4.74 Å². The van der Waals surface area contributed by atoms with Gasteiger partial charge in [0.25, 0.3) is 0 Å². The van der Waals surface area contributed by atoms with Crippen molar-refractivity contribution in [2.24, 2.45) is 0 Å². The first-order valence-electron chi connectivity index (χ1n) is 6.36. The number of carbonyl (C=O) groups is 1. The Bertz CT molecular complexity index is 659. The highest BCUT2D eigenvalue weighted by molar-refractivity contribution is 5.88. The Hall–Kier alpha value is -1.56. The van der Waals surface area contributed by atoms with E-state index < -0.39 is 58.8 Å². The number of ether oxygens (including phenoxy) is 1. The summed E-state index contributed by atoms with van der Waals surface area (Å²) in [7, 11) is 0. The molecule has 0 radical (unpaired) electrons. The first-order valence-corrected chi connectivity index (χ1v) is 6.36. The monoisotopic (exact) mass is 392 g/mol. The predicted molar refractivity (Wildman–Crippen MR) is 56.8 cm³/mol. The van der Waals surface area contributed by atoms with Crippen molar-refractivity contribution >= 4 is 5.97 Å². The van der Waals surface area contributed by atoms with Crippen molar-refractivity contribution in [2.75, 3.05) is 0 Å². The van der Waals surface area contributed by atoms with E-state index in [1.54, 1.807) is 0 Å². The lowest BCUT2D eigenvalue weighted by atomic mass is 9.82. The fourth-order valence-corrected chi connectivity index (χ4v) is 2.78. The number of fused-ring (bicyclic) bond motifs is 2. The van der Waals surface area contributed by atoms with E-state index >= 15 is 0 Å². The van der Waals surface area contributed by atoms with Gasteiger partial charge in [0.15, 0.2) is 0 Å². The van der Waals surface area contributed by atoms with E-state index in [2.05, 4.69) is 11.3 Å². The summed E-state index contributed by atoms with van der Waals surface area (Å²) in [5.41, 5.74) is -14.9. The molecule has 0 saturated heterocycles. The molecule has 2 aliphatic rings. The first-order chi connectivity index (χ1) is 10.9. The van der Waals surface area contributed by atoms with Crippen LogP contribution in [0.1, 0.15) is 13.3 Å². The Morgan fingerprint density at radius 1 is 0.760 bits per heavy atom. The Balaban J connectivity index is 2.82. The van der Waals surface area contributed by atoms with E-state index in [0.29, 0.717) is 0 Å². The zero-order valence-electron chi connectivity index (χ0n) is 11.9. The van der Waals surface area contributed by atoms with Gasteiger partial charge in [-0.1, -0.05) is 13.5 Å². The highest BCUT2D eigenvalue weighted by Crippen LogP contribution is 2.83. The van der Waals surface area contributed by atoms with Crippen molar-refractivity contribution < 1.29 is 57.8 Å². The van der Waals surface area contributed by atoms with Crippen molar-refractivity contribution in [3.8, 4) is 0 Å². The van der Waals surface area contributed by atoms with Crippen LogP contribution in [0, 0.1) is 0 Å². The summed E-state index contributed by atoms with van der Waals surface area (Å²) < 4.78 is 154. The highest BCUT2D eigenvalue weighted by Gasteiger charge is 3.18. The van der Waals surface area contributed by atoms with Crippen LogP contribution >= 0.6 is 0 Å². The molecule has 2 nitrogen and oxygen atoms in total. The zero-order chi connectivity index (χ0) is 20.1. The van der Waals surface area contributed by atoms with Crippen LogP contribution in [-0.4, -0.2) is 46.9 Å². The zero-order valence-corrected chi connectivity index (χ0v) is 11.9. The van der Waals surface area contributed by atoms with Crippen molar-refractivity contribution in [1.29, 1.82) is 0 Å². The summed E-state index contributed by atoms with van der Waals surface area (Å²) in [4.78, 5) is 11.3. The Morgan fingerprint density at radius 3 is 1.52 bits per heavy atom. The number of rotatable bonds is 3. The van der Waals surface area contributed by atoms with Crippen LogP contribution in [0.4, 0.5) is 48.3 Å². The highest BCUT2D eigenvalue weighted by atomic mass is 19.3. The Kier molecular flexibility index (Phi) is 3.47. The summed E-state index contributed by atoms with van der Waals surface area (Å²) in [5, 5.41) is 0. The molecule has 0 aliphatic heterocycles. The van der Waals surface area contributed by atoms with Crippen LogP contribution < -0.4 is 0 Å². The largest absolute Gasteiger partial charge is 0.415 e. The molecule has 0 aromatic heterocycles. The van der Waals surface area contributed by atoms with E-state index in [0.717, 1.165) is 6.92 Å². The molecule has 2 saturated carbocycles. The number of hydrogen-bond donors (Lipinski definition) is 0. The first kappa shape index (κ1) is 19.8. The summed E-state index contributed by atoms with van der Waals surface area (Å²) >= 11 is 0. The molecule has 0 amide bonds. The van der Waals surface area contributed by atoms with Crippen LogP contribution in [0.15, 0.2) is 12.2 Å². The van der Waals surface area contributed by atoms with Crippen molar-refractivity contribution in [1.82, 2.24) is 0 Å². The van der Waals surface area contributed by atoms with Crippen LogP contribution in [0.3, 0.4) is 0 Å². The van der Waals surface area contributed by atoms with E-state index in [9.17, 15) is 53.1 Å². The molecule has 0 heterocycles. The lowest BCUT2D eigenvalue weighted by molar-refractivity contribution is -0.418. The number of alkyl halides is 11. The molecule has 2 aliphatic carbocycles. The third kappa shape index (κ3) is 1.41. The molecule has 13 heteroatoms. The van der Waals surface area contributed by atoms with Crippen LogP contribution in [0.5, 0.6) is 0 Å². The molecule has 0 aromatic carbocycles. The predicted octanol–water partition coefficient (Wildman–Crippen LogP) is 4.15. The lowest BCUT2D eigenvalue weighted by Gasteiger charge is -2.45. The fraction of sp³-hybridized carbons (Fsp3) is 0.750. The second-order valence-corrected chi connectivity index (χ2v) is 5.56. The maximum atomic E-state index is 14.4. The SMILES string of the molecule is C=C(CC)C(=O)OC1(F)C(F)(F)C2(F)C(F)(F)C(F)(F)C1(F)C2(F)F. The molecular formula is C12H7F11O2. The van der Waals surface area contributed by atoms with Gasteiger partial charge in [-0.2, -0.15) is 39.5 Å².